The number of unbranched alkanes of at least 4 members (excludes halogenated alkanes) is 5. The van der Waals surface area contributed by atoms with E-state index in [1.54, 1.807) is 14.2 Å². The number of hydrogen-bond acceptors (Lipinski definition) is 5. The molecule has 0 aliphatic carbocycles. The molecule has 0 amide bonds. The number of ether oxygens (including phenoxy) is 5. The molecular weight excluding hydrogens is 248 g/mol. The summed E-state index contributed by atoms with van der Waals surface area (Å²) in [5, 5.41) is 0. The van der Waals surface area contributed by atoms with Gasteiger partial charge in [0, 0.05) is 27.4 Å². The first-order chi connectivity index (χ1) is 9.41. The van der Waals surface area contributed by atoms with Gasteiger partial charge in [0.25, 0.3) is 0 Å². The largest absolute Gasteiger partial charge is 0.382 e. The summed E-state index contributed by atoms with van der Waals surface area (Å²) in [5.41, 5.74) is 0. The van der Waals surface area contributed by atoms with Crippen LogP contribution in [-0.4, -0.2) is 54.2 Å². The molecule has 0 fully saturated rings. The first-order valence-corrected chi connectivity index (χ1v) is 7.13. The Kier molecular flexibility index (Phi) is 17.6. The molecule has 0 saturated heterocycles. The summed E-state index contributed by atoms with van der Waals surface area (Å²) in [5.74, 6) is 0. The highest BCUT2D eigenvalue weighted by Crippen LogP contribution is 2.05. The summed E-state index contributed by atoms with van der Waals surface area (Å²) >= 11 is 0. The Morgan fingerprint density at radius 3 is 1.58 bits per heavy atom. The molecule has 5 heteroatoms. The van der Waals surface area contributed by atoms with Crippen LogP contribution in [0.1, 0.15) is 38.5 Å². The standard InChI is InChI=1S/C14H30O5/c1-15-11-12-19-14-18-10-8-6-4-3-5-7-9-17-13-16-2/h3-14H2,1-2H3. The van der Waals surface area contributed by atoms with Gasteiger partial charge in [-0.1, -0.05) is 25.7 Å². The molecule has 0 N–H and O–H groups in total. The molecule has 0 spiro atoms. The van der Waals surface area contributed by atoms with Gasteiger partial charge in [0.1, 0.15) is 13.6 Å². The zero-order chi connectivity index (χ0) is 14.0. The van der Waals surface area contributed by atoms with Crippen LogP contribution in [0.2, 0.25) is 0 Å². The van der Waals surface area contributed by atoms with Crippen LogP contribution < -0.4 is 0 Å². The van der Waals surface area contributed by atoms with Crippen LogP contribution in [0.4, 0.5) is 0 Å². The van der Waals surface area contributed by atoms with E-state index in [-0.39, 0.29) is 0 Å². The molecule has 0 saturated carbocycles. The minimum absolute atomic E-state index is 0.375. The van der Waals surface area contributed by atoms with E-state index < -0.39 is 0 Å². The fraction of sp³-hybridized carbons (Fsp3) is 1.00. The van der Waals surface area contributed by atoms with E-state index in [4.69, 9.17) is 23.7 Å². The van der Waals surface area contributed by atoms with Crippen LogP contribution in [0.25, 0.3) is 0 Å². The van der Waals surface area contributed by atoms with E-state index in [1.165, 1.54) is 25.7 Å². The van der Waals surface area contributed by atoms with Gasteiger partial charge >= 0.3 is 0 Å². The Morgan fingerprint density at radius 2 is 1.00 bits per heavy atom. The van der Waals surface area contributed by atoms with Gasteiger partial charge in [-0.25, -0.2) is 0 Å². The van der Waals surface area contributed by atoms with Gasteiger partial charge in [0.05, 0.1) is 13.2 Å². The van der Waals surface area contributed by atoms with Crippen molar-refractivity contribution in [1.82, 2.24) is 0 Å². The summed E-state index contributed by atoms with van der Waals surface area (Å²) < 4.78 is 25.4. The van der Waals surface area contributed by atoms with Crippen molar-refractivity contribution in [3.05, 3.63) is 0 Å². The van der Waals surface area contributed by atoms with E-state index in [9.17, 15) is 0 Å². The molecule has 0 bridgehead atoms. The molecule has 0 aromatic rings. The fourth-order valence-corrected chi connectivity index (χ4v) is 1.58. The van der Waals surface area contributed by atoms with Crippen molar-refractivity contribution in [2.24, 2.45) is 0 Å². The zero-order valence-electron chi connectivity index (χ0n) is 12.5. The lowest BCUT2D eigenvalue weighted by molar-refractivity contribution is -0.0664. The minimum Gasteiger partial charge on any atom is -0.382 e. The van der Waals surface area contributed by atoms with Crippen molar-refractivity contribution in [2.75, 3.05) is 54.2 Å². The molecular formula is C14H30O5. The summed E-state index contributed by atoms with van der Waals surface area (Å²) in [4.78, 5) is 0. The molecule has 0 rings (SSSR count). The first-order valence-electron chi connectivity index (χ1n) is 7.13. The van der Waals surface area contributed by atoms with Gasteiger partial charge in [0.2, 0.25) is 0 Å². The third-order valence-corrected chi connectivity index (χ3v) is 2.63. The van der Waals surface area contributed by atoms with Crippen LogP contribution in [0.15, 0.2) is 0 Å². The van der Waals surface area contributed by atoms with E-state index in [0.717, 1.165) is 26.1 Å². The second kappa shape index (κ2) is 17.8. The average molecular weight is 278 g/mol. The quantitative estimate of drug-likeness (QED) is 0.321. The van der Waals surface area contributed by atoms with Crippen LogP contribution >= 0.6 is 0 Å². The van der Waals surface area contributed by atoms with Crippen molar-refractivity contribution in [3.8, 4) is 0 Å². The van der Waals surface area contributed by atoms with Gasteiger partial charge in [-0.2, -0.15) is 0 Å². The maximum absolute atomic E-state index is 5.34. The minimum atomic E-state index is 0.375. The molecule has 5 nitrogen and oxygen atoms in total. The lowest BCUT2D eigenvalue weighted by atomic mass is 10.1. The van der Waals surface area contributed by atoms with Crippen molar-refractivity contribution < 1.29 is 23.7 Å². The SMILES string of the molecule is COCCOCOCCCCCCCCOCOC. The predicted octanol–water partition coefficient (Wildman–Crippen LogP) is 2.58. The highest BCUT2D eigenvalue weighted by atomic mass is 16.7. The summed E-state index contributed by atoms with van der Waals surface area (Å²) in [6.07, 6.45) is 7.20. The maximum Gasteiger partial charge on any atom is 0.146 e. The molecule has 0 unspecified atom stereocenters. The summed E-state index contributed by atoms with van der Waals surface area (Å²) in [7, 11) is 3.30. The molecule has 0 aromatic heterocycles. The van der Waals surface area contributed by atoms with Gasteiger partial charge < -0.3 is 23.7 Å². The normalized spacial score (nSPS) is 11.1. The lowest BCUT2D eigenvalue weighted by Crippen LogP contribution is -2.06. The number of hydrogen-bond donors (Lipinski definition) is 0. The predicted molar refractivity (Wildman–Crippen MR) is 74.2 cm³/mol. The Morgan fingerprint density at radius 1 is 0.474 bits per heavy atom. The monoisotopic (exact) mass is 278 g/mol. The number of rotatable bonds is 16. The topological polar surface area (TPSA) is 46.2 Å². The summed E-state index contributed by atoms with van der Waals surface area (Å²) in [6, 6.07) is 0. The Labute approximate surface area is 117 Å². The first kappa shape index (κ1) is 18.8. The Hall–Kier alpha value is -0.200. The smallest absolute Gasteiger partial charge is 0.146 e. The van der Waals surface area contributed by atoms with Crippen LogP contribution in [0, 0.1) is 0 Å². The maximum atomic E-state index is 5.34. The Balaban J connectivity index is 2.88. The second-order valence-corrected chi connectivity index (χ2v) is 4.36. The fourth-order valence-electron chi connectivity index (χ4n) is 1.58. The molecule has 0 aliphatic heterocycles. The van der Waals surface area contributed by atoms with Gasteiger partial charge in [-0.3, -0.25) is 0 Å². The van der Waals surface area contributed by atoms with Gasteiger partial charge in [-0.05, 0) is 12.8 Å². The zero-order valence-corrected chi connectivity index (χ0v) is 12.5. The van der Waals surface area contributed by atoms with E-state index in [0.29, 0.717) is 26.8 Å². The average Bonchev–Trinajstić information content (AvgIpc) is 2.43. The molecule has 0 heterocycles. The van der Waals surface area contributed by atoms with E-state index >= 15 is 0 Å². The highest BCUT2D eigenvalue weighted by molar-refractivity contribution is 4.44. The van der Waals surface area contributed by atoms with Crippen molar-refractivity contribution in [2.45, 2.75) is 38.5 Å². The lowest BCUT2D eigenvalue weighted by Gasteiger charge is -2.05. The summed E-state index contributed by atoms with van der Waals surface area (Å²) in [6.45, 7) is 3.59. The third kappa shape index (κ3) is 17.8. The van der Waals surface area contributed by atoms with Gasteiger partial charge in [0.15, 0.2) is 0 Å². The van der Waals surface area contributed by atoms with Crippen LogP contribution in [0.5, 0.6) is 0 Å². The third-order valence-electron chi connectivity index (χ3n) is 2.63. The molecule has 116 valence electrons. The van der Waals surface area contributed by atoms with Crippen LogP contribution in [0.3, 0.4) is 0 Å². The van der Waals surface area contributed by atoms with Crippen LogP contribution in [-0.2, 0) is 23.7 Å². The molecule has 0 atom stereocenters. The van der Waals surface area contributed by atoms with Crippen molar-refractivity contribution in [3.63, 3.8) is 0 Å². The number of methoxy groups -OCH3 is 2. The van der Waals surface area contributed by atoms with E-state index in [1.807, 2.05) is 0 Å². The highest BCUT2D eigenvalue weighted by Gasteiger charge is 1.93. The van der Waals surface area contributed by atoms with E-state index in [2.05, 4.69) is 0 Å². The van der Waals surface area contributed by atoms with Crippen molar-refractivity contribution >= 4 is 0 Å². The molecule has 0 aromatic carbocycles. The molecule has 0 aliphatic rings. The Bertz CT molecular complexity index is 139. The second-order valence-electron chi connectivity index (χ2n) is 4.36. The van der Waals surface area contributed by atoms with Gasteiger partial charge in [-0.15, -0.1) is 0 Å². The van der Waals surface area contributed by atoms with Crippen molar-refractivity contribution in [1.29, 1.82) is 0 Å². The molecule has 0 radical (unpaired) electrons. The molecule has 19 heavy (non-hydrogen) atoms.